The van der Waals surface area contributed by atoms with Crippen molar-refractivity contribution in [2.45, 2.75) is 25.8 Å². The van der Waals surface area contributed by atoms with Crippen LogP contribution in [0.5, 0.6) is 0 Å². The summed E-state index contributed by atoms with van der Waals surface area (Å²) in [6.07, 6.45) is 0.0523. The number of carboxylic acid groups (broad SMARTS) is 1. The lowest BCUT2D eigenvalue weighted by atomic mass is 10.2. The molecule has 0 spiro atoms. The monoisotopic (exact) mass is 258 g/mol. The maximum Gasteiger partial charge on any atom is 0.326 e. The van der Waals surface area contributed by atoms with Gasteiger partial charge in [0.05, 0.1) is 17.1 Å². The van der Waals surface area contributed by atoms with Crippen LogP contribution in [0.2, 0.25) is 0 Å². The van der Waals surface area contributed by atoms with Gasteiger partial charge >= 0.3 is 5.97 Å². The number of nitrogens with one attached hydrogen (secondary N) is 1. The van der Waals surface area contributed by atoms with E-state index in [0.717, 1.165) is 5.01 Å². The molecule has 1 amide bonds. The van der Waals surface area contributed by atoms with E-state index in [0.29, 0.717) is 5.69 Å². The van der Waals surface area contributed by atoms with Crippen LogP contribution in [0.3, 0.4) is 0 Å². The van der Waals surface area contributed by atoms with Gasteiger partial charge in [0.15, 0.2) is 0 Å². The molecule has 1 aromatic rings. The van der Waals surface area contributed by atoms with E-state index in [9.17, 15) is 9.59 Å². The predicted molar refractivity (Wildman–Crippen MR) is 61.8 cm³/mol. The average molecular weight is 258 g/mol. The Kier molecular flexibility index (Phi) is 5.05. The van der Waals surface area contributed by atoms with E-state index in [1.165, 1.54) is 11.3 Å². The second-order valence-corrected chi connectivity index (χ2v) is 4.57. The number of aryl methyl sites for hydroxylation is 1. The summed E-state index contributed by atoms with van der Waals surface area (Å²) in [5.41, 5.74) is 0.623. The zero-order valence-corrected chi connectivity index (χ0v) is 10.2. The van der Waals surface area contributed by atoms with Crippen LogP contribution in [0.25, 0.3) is 0 Å². The van der Waals surface area contributed by atoms with E-state index in [4.69, 9.17) is 10.2 Å². The van der Waals surface area contributed by atoms with Crippen molar-refractivity contribution >= 4 is 23.2 Å². The first-order chi connectivity index (χ1) is 8.02. The molecule has 0 aliphatic carbocycles. The van der Waals surface area contributed by atoms with Crippen LogP contribution in [0, 0.1) is 6.92 Å². The van der Waals surface area contributed by atoms with Crippen molar-refractivity contribution < 1.29 is 19.8 Å². The van der Waals surface area contributed by atoms with E-state index in [1.807, 2.05) is 6.92 Å². The van der Waals surface area contributed by atoms with E-state index in [-0.39, 0.29) is 19.4 Å². The minimum atomic E-state index is -1.15. The van der Waals surface area contributed by atoms with Crippen molar-refractivity contribution in [2.24, 2.45) is 0 Å². The summed E-state index contributed by atoms with van der Waals surface area (Å²) in [6, 6.07) is -1.05. The summed E-state index contributed by atoms with van der Waals surface area (Å²) < 4.78 is 0. The molecule has 1 atom stereocenters. The molecule has 0 aliphatic rings. The topological polar surface area (TPSA) is 99.5 Å². The minimum Gasteiger partial charge on any atom is -0.480 e. The molecule has 0 fully saturated rings. The Balaban J connectivity index is 2.50. The fourth-order valence-electron chi connectivity index (χ4n) is 1.29. The number of aliphatic hydroxyl groups excluding tert-OH is 1. The molecule has 17 heavy (non-hydrogen) atoms. The zero-order valence-electron chi connectivity index (χ0n) is 9.34. The maximum absolute atomic E-state index is 11.5. The average Bonchev–Trinajstić information content (AvgIpc) is 2.63. The third-order valence-corrected chi connectivity index (χ3v) is 2.88. The fourth-order valence-corrected chi connectivity index (χ4v) is 1.90. The Labute approximate surface area is 102 Å². The van der Waals surface area contributed by atoms with Crippen LogP contribution in [0.4, 0.5) is 0 Å². The van der Waals surface area contributed by atoms with Crippen LogP contribution in [-0.4, -0.2) is 39.7 Å². The summed E-state index contributed by atoms with van der Waals surface area (Å²) in [5, 5.41) is 22.4. The Hall–Kier alpha value is -1.47. The van der Waals surface area contributed by atoms with Crippen molar-refractivity contribution in [1.82, 2.24) is 10.3 Å². The summed E-state index contributed by atoms with van der Waals surface area (Å²) in [6.45, 7) is 1.55. The largest absolute Gasteiger partial charge is 0.480 e. The number of carboxylic acids is 1. The molecule has 0 aromatic carbocycles. The lowest BCUT2D eigenvalue weighted by molar-refractivity contribution is -0.142. The van der Waals surface area contributed by atoms with Gasteiger partial charge in [-0.05, 0) is 6.92 Å². The Bertz CT molecular complexity index is 405. The third kappa shape index (κ3) is 4.49. The van der Waals surface area contributed by atoms with E-state index in [2.05, 4.69) is 10.3 Å². The smallest absolute Gasteiger partial charge is 0.326 e. The van der Waals surface area contributed by atoms with Crippen LogP contribution in [-0.2, 0) is 16.0 Å². The molecule has 1 aromatic heterocycles. The van der Waals surface area contributed by atoms with Crippen molar-refractivity contribution in [3.05, 3.63) is 16.1 Å². The molecular formula is C10H14N2O4S. The second kappa shape index (κ2) is 6.31. The molecule has 0 unspecified atom stereocenters. The molecule has 0 saturated carbocycles. The van der Waals surface area contributed by atoms with Crippen LogP contribution in [0.1, 0.15) is 17.1 Å². The molecule has 6 nitrogen and oxygen atoms in total. The van der Waals surface area contributed by atoms with Gasteiger partial charge in [-0.25, -0.2) is 9.78 Å². The number of aliphatic carboxylic acids is 1. The van der Waals surface area contributed by atoms with Crippen molar-refractivity contribution in [1.29, 1.82) is 0 Å². The van der Waals surface area contributed by atoms with Gasteiger partial charge in [-0.15, -0.1) is 11.3 Å². The van der Waals surface area contributed by atoms with Gasteiger partial charge in [-0.2, -0.15) is 0 Å². The molecule has 0 radical (unpaired) electrons. The van der Waals surface area contributed by atoms with Crippen LogP contribution in [0.15, 0.2) is 5.38 Å². The number of hydrogen-bond acceptors (Lipinski definition) is 5. The summed E-state index contributed by atoms with van der Waals surface area (Å²) >= 11 is 1.43. The SMILES string of the molecule is Cc1nc(CC(=O)N[C@@H](CCO)C(=O)O)cs1. The number of carbonyl (C=O) groups excluding carboxylic acids is 1. The molecule has 0 aliphatic heterocycles. The number of carbonyl (C=O) groups is 2. The maximum atomic E-state index is 11.5. The van der Waals surface area contributed by atoms with Gasteiger partial charge < -0.3 is 15.5 Å². The number of amides is 1. The number of rotatable bonds is 6. The highest BCUT2D eigenvalue weighted by Gasteiger charge is 2.19. The van der Waals surface area contributed by atoms with Crippen molar-refractivity contribution in [3.63, 3.8) is 0 Å². The third-order valence-electron chi connectivity index (χ3n) is 2.06. The predicted octanol–water partition coefficient (Wildman–Crippen LogP) is -0.0542. The van der Waals surface area contributed by atoms with Gasteiger partial charge in [0.25, 0.3) is 0 Å². The molecule has 0 saturated heterocycles. The van der Waals surface area contributed by atoms with Gasteiger partial charge in [-0.3, -0.25) is 4.79 Å². The molecular weight excluding hydrogens is 244 g/mol. The normalized spacial score (nSPS) is 12.1. The standard InChI is InChI=1S/C10H14N2O4S/c1-6-11-7(5-17-6)4-9(14)12-8(2-3-13)10(15)16/h5,8,13H,2-4H2,1H3,(H,12,14)(H,15,16)/t8-/m0/s1. The Morgan fingerprint density at radius 1 is 1.59 bits per heavy atom. The number of thiazole rings is 1. The number of aliphatic hydroxyl groups is 1. The molecule has 7 heteroatoms. The molecule has 3 N–H and O–H groups in total. The lowest BCUT2D eigenvalue weighted by Gasteiger charge is -2.12. The number of nitrogens with zero attached hydrogens (tertiary/aromatic N) is 1. The Morgan fingerprint density at radius 3 is 2.76 bits per heavy atom. The minimum absolute atomic E-state index is 0.00281. The lowest BCUT2D eigenvalue weighted by Crippen LogP contribution is -2.42. The van der Waals surface area contributed by atoms with Crippen molar-refractivity contribution in [2.75, 3.05) is 6.61 Å². The van der Waals surface area contributed by atoms with Gasteiger partial charge in [0.2, 0.25) is 5.91 Å². The van der Waals surface area contributed by atoms with E-state index < -0.39 is 17.9 Å². The first-order valence-electron chi connectivity index (χ1n) is 5.07. The molecule has 1 heterocycles. The quantitative estimate of drug-likeness (QED) is 0.664. The highest BCUT2D eigenvalue weighted by atomic mass is 32.1. The first kappa shape index (κ1) is 13.6. The summed E-state index contributed by atoms with van der Waals surface area (Å²) in [5.74, 6) is -1.56. The highest BCUT2D eigenvalue weighted by molar-refractivity contribution is 7.09. The van der Waals surface area contributed by atoms with E-state index >= 15 is 0 Å². The summed E-state index contributed by atoms with van der Waals surface area (Å²) in [4.78, 5) is 26.4. The Morgan fingerprint density at radius 2 is 2.29 bits per heavy atom. The van der Waals surface area contributed by atoms with Crippen molar-refractivity contribution in [3.8, 4) is 0 Å². The fraction of sp³-hybridized carbons (Fsp3) is 0.500. The molecule has 1 rings (SSSR count). The number of hydrogen-bond donors (Lipinski definition) is 3. The molecule has 94 valence electrons. The van der Waals surface area contributed by atoms with Crippen LogP contribution >= 0.6 is 11.3 Å². The molecule has 0 bridgehead atoms. The number of aromatic nitrogens is 1. The van der Waals surface area contributed by atoms with Gasteiger partial charge in [0, 0.05) is 18.4 Å². The highest BCUT2D eigenvalue weighted by Crippen LogP contribution is 2.08. The van der Waals surface area contributed by atoms with Crippen LogP contribution < -0.4 is 5.32 Å². The summed E-state index contributed by atoms with van der Waals surface area (Å²) in [7, 11) is 0. The first-order valence-corrected chi connectivity index (χ1v) is 5.95. The van der Waals surface area contributed by atoms with Gasteiger partial charge in [-0.1, -0.05) is 0 Å². The second-order valence-electron chi connectivity index (χ2n) is 3.51. The van der Waals surface area contributed by atoms with E-state index in [1.54, 1.807) is 5.38 Å². The van der Waals surface area contributed by atoms with Gasteiger partial charge in [0.1, 0.15) is 6.04 Å². The zero-order chi connectivity index (χ0) is 12.8.